The van der Waals surface area contributed by atoms with E-state index in [0.717, 1.165) is 54.6 Å². The van der Waals surface area contributed by atoms with Crippen LogP contribution in [0.5, 0.6) is 0 Å². The van der Waals surface area contributed by atoms with Crippen molar-refractivity contribution in [2.75, 3.05) is 26.9 Å². The molecule has 1 aliphatic carbocycles. The van der Waals surface area contributed by atoms with Crippen molar-refractivity contribution in [1.82, 2.24) is 9.78 Å². The lowest BCUT2D eigenvalue weighted by molar-refractivity contribution is -0.142. The number of nitrogens with zero attached hydrogens (tertiary/aromatic N) is 2. The molecule has 0 unspecified atom stereocenters. The fraction of sp³-hybridized carbons (Fsp3) is 0.448. The van der Waals surface area contributed by atoms with Gasteiger partial charge in [-0.15, -0.1) is 0 Å². The van der Waals surface area contributed by atoms with E-state index in [0.29, 0.717) is 42.7 Å². The number of halogens is 1. The number of methoxy groups -OCH3 is 1. The summed E-state index contributed by atoms with van der Waals surface area (Å²) in [5.74, 6) is -0.359. The Hall–Kier alpha value is -3.03. The third-order valence-electron chi connectivity index (χ3n) is 7.02. The summed E-state index contributed by atoms with van der Waals surface area (Å²) in [4.78, 5) is 10.7. The van der Waals surface area contributed by atoms with Crippen LogP contribution < -0.4 is 0 Å². The molecule has 0 aliphatic heterocycles. The van der Waals surface area contributed by atoms with E-state index in [2.05, 4.69) is 16.8 Å². The molecular weight excluding hydrogens is 459 g/mol. The molecule has 1 aliphatic rings. The molecule has 0 atom stereocenters. The number of carbonyl (C=O) groups is 1. The first-order chi connectivity index (χ1) is 17.5. The molecule has 1 aromatic heterocycles. The highest BCUT2D eigenvalue weighted by Crippen LogP contribution is 2.38. The Bertz CT molecular complexity index is 1150. The van der Waals surface area contributed by atoms with Gasteiger partial charge in [-0.3, -0.25) is 4.68 Å². The molecule has 0 saturated heterocycles. The van der Waals surface area contributed by atoms with Crippen molar-refractivity contribution < 1.29 is 23.8 Å². The third-order valence-corrected chi connectivity index (χ3v) is 7.02. The van der Waals surface area contributed by atoms with Gasteiger partial charge in [-0.1, -0.05) is 36.4 Å². The Morgan fingerprint density at radius 3 is 2.50 bits per heavy atom. The van der Waals surface area contributed by atoms with Crippen LogP contribution in [0, 0.1) is 24.6 Å². The molecule has 192 valence electrons. The topological polar surface area (TPSA) is 73.6 Å². The van der Waals surface area contributed by atoms with E-state index in [1.54, 1.807) is 13.2 Å². The second-order valence-electron chi connectivity index (χ2n) is 9.74. The zero-order valence-electron chi connectivity index (χ0n) is 21.1. The number of benzene rings is 2. The Balaban J connectivity index is 1.63. The number of aromatic nitrogens is 2. The maximum Gasteiger partial charge on any atom is 0.329 e. The van der Waals surface area contributed by atoms with Crippen molar-refractivity contribution in [1.29, 1.82) is 0 Å². The molecule has 36 heavy (non-hydrogen) atoms. The molecule has 0 radical (unpaired) electrons. The van der Waals surface area contributed by atoms with Crippen molar-refractivity contribution in [2.45, 2.75) is 45.6 Å². The first-order valence-corrected chi connectivity index (χ1v) is 12.7. The van der Waals surface area contributed by atoms with Gasteiger partial charge in [-0.05, 0) is 67.7 Å². The summed E-state index contributed by atoms with van der Waals surface area (Å²) in [6, 6.07) is 15.4. The van der Waals surface area contributed by atoms with Crippen LogP contribution in [0.2, 0.25) is 0 Å². The van der Waals surface area contributed by atoms with Crippen molar-refractivity contribution in [3.8, 4) is 22.4 Å². The second-order valence-corrected chi connectivity index (χ2v) is 9.74. The monoisotopic (exact) mass is 494 g/mol. The lowest BCUT2D eigenvalue weighted by Gasteiger charge is -2.28. The van der Waals surface area contributed by atoms with Crippen molar-refractivity contribution in [2.24, 2.45) is 11.8 Å². The number of rotatable bonds is 11. The van der Waals surface area contributed by atoms with Gasteiger partial charge in [-0.2, -0.15) is 5.10 Å². The van der Waals surface area contributed by atoms with Crippen LogP contribution in [-0.4, -0.2) is 47.8 Å². The summed E-state index contributed by atoms with van der Waals surface area (Å²) in [6.07, 6.45) is 4.74. The summed E-state index contributed by atoms with van der Waals surface area (Å²) < 4.78 is 28.0. The van der Waals surface area contributed by atoms with E-state index < -0.39 is 5.97 Å². The fourth-order valence-corrected chi connectivity index (χ4v) is 5.15. The van der Waals surface area contributed by atoms with Crippen LogP contribution in [0.4, 0.5) is 4.39 Å². The standard InChI is InChI=1S/C29H35FN2O4/c1-20-8-13-24(25(30)16-20)29-28(23-6-4-3-5-7-23)26(14-15-35-2)32(31-29)17-21-9-11-22(12-10-21)18-36-19-27(33)34/h3-8,13,16,21-22H,9-12,14-15,17-19H2,1-2H3,(H,33,34). The van der Waals surface area contributed by atoms with Crippen LogP contribution in [0.25, 0.3) is 22.4 Å². The normalized spacial score (nSPS) is 17.9. The molecule has 6 nitrogen and oxygen atoms in total. The highest BCUT2D eigenvalue weighted by molar-refractivity contribution is 5.83. The van der Waals surface area contributed by atoms with Crippen LogP contribution in [0.15, 0.2) is 48.5 Å². The minimum atomic E-state index is -0.930. The highest BCUT2D eigenvalue weighted by atomic mass is 19.1. The van der Waals surface area contributed by atoms with Gasteiger partial charge in [0.25, 0.3) is 0 Å². The van der Waals surface area contributed by atoms with Crippen molar-refractivity contribution in [3.05, 3.63) is 65.6 Å². The van der Waals surface area contributed by atoms with E-state index >= 15 is 4.39 Å². The van der Waals surface area contributed by atoms with Gasteiger partial charge in [0.2, 0.25) is 0 Å². The minimum absolute atomic E-state index is 0.239. The van der Waals surface area contributed by atoms with E-state index in [1.165, 1.54) is 0 Å². The van der Waals surface area contributed by atoms with Crippen LogP contribution in [0.1, 0.15) is 36.9 Å². The maximum atomic E-state index is 15.2. The summed E-state index contributed by atoms with van der Waals surface area (Å²) in [5, 5.41) is 13.8. The average Bonchev–Trinajstić information content (AvgIpc) is 3.21. The molecule has 4 rings (SSSR count). The van der Waals surface area contributed by atoms with Crippen molar-refractivity contribution >= 4 is 5.97 Å². The third kappa shape index (κ3) is 6.39. The lowest BCUT2D eigenvalue weighted by atomic mass is 9.82. The highest BCUT2D eigenvalue weighted by Gasteiger charge is 2.26. The van der Waals surface area contributed by atoms with Gasteiger partial charge in [0, 0.05) is 36.9 Å². The van der Waals surface area contributed by atoms with Crippen molar-refractivity contribution in [3.63, 3.8) is 0 Å². The SMILES string of the molecule is COCCc1c(-c2ccccc2)c(-c2ccc(C)cc2F)nn1CC1CCC(COCC(=O)O)CC1. The Kier molecular flexibility index (Phi) is 8.88. The van der Waals surface area contributed by atoms with E-state index in [9.17, 15) is 4.79 Å². The van der Waals surface area contributed by atoms with Gasteiger partial charge in [0.1, 0.15) is 18.1 Å². The van der Waals surface area contributed by atoms with Crippen LogP contribution in [-0.2, 0) is 27.2 Å². The molecule has 0 amide bonds. The first kappa shape index (κ1) is 26.0. The van der Waals surface area contributed by atoms with Gasteiger partial charge in [-0.25, -0.2) is 9.18 Å². The average molecular weight is 495 g/mol. The van der Waals surface area contributed by atoms with E-state index in [-0.39, 0.29) is 12.4 Å². The second kappa shape index (κ2) is 12.3. The number of carboxylic acid groups (broad SMARTS) is 1. The fourth-order valence-electron chi connectivity index (χ4n) is 5.15. The number of ether oxygens (including phenoxy) is 2. The van der Waals surface area contributed by atoms with E-state index in [4.69, 9.17) is 19.7 Å². The number of aliphatic carboxylic acids is 1. The zero-order chi connectivity index (χ0) is 25.5. The summed E-state index contributed by atoms with van der Waals surface area (Å²) in [5.41, 5.74) is 5.09. The largest absolute Gasteiger partial charge is 0.480 e. The Morgan fingerprint density at radius 1 is 1.11 bits per heavy atom. The number of aryl methyl sites for hydroxylation is 1. The maximum absolute atomic E-state index is 15.2. The Morgan fingerprint density at radius 2 is 1.83 bits per heavy atom. The minimum Gasteiger partial charge on any atom is -0.480 e. The molecule has 3 aromatic rings. The van der Waals surface area contributed by atoms with Crippen LogP contribution >= 0.6 is 0 Å². The molecule has 1 heterocycles. The molecule has 1 saturated carbocycles. The molecular formula is C29H35FN2O4. The molecule has 7 heteroatoms. The molecule has 0 bridgehead atoms. The van der Waals surface area contributed by atoms with Gasteiger partial charge in [0.15, 0.2) is 0 Å². The summed E-state index contributed by atoms with van der Waals surface area (Å²) in [6.45, 7) is 3.45. The van der Waals surface area contributed by atoms with E-state index in [1.807, 2.05) is 37.3 Å². The summed E-state index contributed by atoms with van der Waals surface area (Å²) >= 11 is 0. The van der Waals surface area contributed by atoms with Crippen LogP contribution in [0.3, 0.4) is 0 Å². The Labute approximate surface area is 212 Å². The zero-order valence-corrected chi connectivity index (χ0v) is 21.1. The molecule has 1 N–H and O–H groups in total. The lowest BCUT2D eigenvalue weighted by Crippen LogP contribution is -2.24. The predicted molar refractivity (Wildman–Crippen MR) is 137 cm³/mol. The number of hydrogen-bond acceptors (Lipinski definition) is 4. The quantitative estimate of drug-likeness (QED) is 0.367. The van der Waals surface area contributed by atoms with Gasteiger partial charge in [0.05, 0.1) is 13.2 Å². The smallest absolute Gasteiger partial charge is 0.329 e. The first-order valence-electron chi connectivity index (χ1n) is 12.7. The summed E-state index contributed by atoms with van der Waals surface area (Å²) in [7, 11) is 1.69. The number of carboxylic acids is 1. The number of hydrogen-bond donors (Lipinski definition) is 1. The van der Waals surface area contributed by atoms with Gasteiger partial charge < -0.3 is 14.6 Å². The molecule has 1 fully saturated rings. The molecule has 0 spiro atoms. The van der Waals surface area contributed by atoms with Gasteiger partial charge >= 0.3 is 5.97 Å². The molecule has 2 aromatic carbocycles. The predicted octanol–water partition coefficient (Wildman–Crippen LogP) is 5.76.